The van der Waals surface area contributed by atoms with Crippen molar-refractivity contribution in [3.63, 3.8) is 0 Å². The molecule has 0 heterocycles. The Bertz CT molecular complexity index is 952. The molecule has 3 aromatic carbocycles. The highest BCUT2D eigenvalue weighted by atomic mass is 28.3. The van der Waals surface area contributed by atoms with E-state index in [1.165, 1.54) is 38.6 Å². The van der Waals surface area contributed by atoms with Crippen LogP contribution in [-0.2, 0) is 0 Å². The summed E-state index contributed by atoms with van der Waals surface area (Å²) < 4.78 is 0. The summed E-state index contributed by atoms with van der Waals surface area (Å²) in [6.45, 7) is 9.76. The lowest BCUT2D eigenvalue weighted by atomic mass is 9.93. The van der Waals surface area contributed by atoms with Crippen LogP contribution in [0.1, 0.15) is 23.6 Å². The van der Waals surface area contributed by atoms with Gasteiger partial charge in [0, 0.05) is 5.54 Å². The Morgan fingerprint density at radius 1 is 0.750 bits per heavy atom. The molecule has 0 spiro atoms. The van der Waals surface area contributed by atoms with Gasteiger partial charge in [0.1, 0.15) is 0 Å². The van der Waals surface area contributed by atoms with Crippen molar-refractivity contribution in [1.82, 2.24) is 0 Å². The molecule has 1 aliphatic carbocycles. The van der Waals surface area contributed by atoms with E-state index in [0.29, 0.717) is 5.54 Å². The first-order valence-electron chi connectivity index (χ1n) is 8.76. The summed E-state index contributed by atoms with van der Waals surface area (Å²) in [5.41, 5.74) is 7.89. The Kier molecular flexibility index (Phi) is 3.50. The van der Waals surface area contributed by atoms with Crippen LogP contribution >= 0.6 is 0 Å². The molecule has 3 aromatic rings. The standard InChI is InChI=1S/C23H24Si/c1-16-15-22-20(13-8-14-21(22)23(16)24(2,3)4)19-12-7-10-17-9-5-6-11-18(17)19/h5-15,23H,1-4H3. The molecule has 0 bridgehead atoms. The van der Waals surface area contributed by atoms with Gasteiger partial charge in [0.15, 0.2) is 0 Å². The topological polar surface area (TPSA) is 0 Å². The summed E-state index contributed by atoms with van der Waals surface area (Å²) in [5.74, 6) is 0. The van der Waals surface area contributed by atoms with Crippen LogP contribution in [0.3, 0.4) is 0 Å². The van der Waals surface area contributed by atoms with Crippen molar-refractivity contribution < 1.29 is 0 Å². The van der Waals surface area contributed by atoms with Crippen LogP contribution in [0, 0.1) is 0 Å². The quantitative estimate of drug-likeness (QED) is 0.449. The highest BCUT2D eigenvalue weighted by molar-refractivity contribution is 6.78. The number of fused-ring (bicyclic) bond motifs is 2. The molecule has 1 aliphatic rings. The zero-order valence-electron chi connectivity index (χ0n) is 14.9. The Balaban J connectivity index is 1.98. The Morgan fingerprint density at radius 2 is 1.42 bits per heavy atom. The van der Waals surface area contributed by atoms with Gasteiger partial charge in [-0.3, -0.25) is 0 Å². The molecule has 0 aliphatic heterocycles. The van der Waals surface area contributed by atoms with Crippen LogP contribution in [0.25, 0.3) is 28.0 Å². The van der Waals surface area contributed by atoms with E-state index in [0.717, 1.165) is 0 Å². The smallest absolute Gasteiger partial charge is 0.0569 e. The second kappa shape index (κ2) is 5.46. The van der Waals surface area contributed by atoms with Crippen molar-refractivity contribution in [3.8, 4) is 11.1 Å². The van der Waals surface area contributed by atoms with Crippen LogP contribution in [-0.4, -0.2) is 8.07 Å². The molecule has 0 radical (unpaired) electrons. The van der Waals surface area contributed by atoms with Gasteiger partial charge in [-0.15, -0.1) is 0 Å². The van der Waals surface area contributed by atoms with Crippen molar-refractivity contribution in [2.45, 2.75) is 32.1 Å². The lowest BCUT2D eigenvalue weighted by molar-refractivity contribution is 1.07. The van der Waals surface area contributed by atoms with Gasteiger partial charge in [-0.05, 0) is 39.9 Å². The zero-order chi connectivity index (χ0) is 16.9. The fourth-order valence-electron chi connectivity index (χ4n) is 4.40. The first-order valence-corrected chi connectivity index (χ1v) is 12.3. The third-order valence-electron chi connectivity index (χ3n) is 5.22. The predicted octanol–water partition coefficient (Wildman–Crippen LogP) is 6.88. The summed E-state index contributed by atoms with van der Waals surface area (Å²) in [6.07, 6.45) is 2.44. The summed E-state index contributed by atoms with van der Waals surface area (Å²) in [7, 11) is -1.28. The molecule has 0 N–H and O–H groups in total. The third-order valence-corrected chi connectivity index (χ3v) is 7.72. The summed E-state index contributed by atoms with van der Waals surface area (Å²) in [4.78, 5) is 0. The summed E-state index contributed by atoms with van der Waals surface area (Å²) in [6, 6.07) is 22.2. The molecule has 0 amide bonds. The average molecular weight is 329 g/mol. The Morgan fingerprint density at radius 3 is 2.21 bits per heavy atom. The molecule has 0 saturated heterocycles. The first-order chi connectivity index (χ1) is 11.5. The van der Waals surface area contributed by atoms with E-state index >= 15 is 0 Å². The summed E-state index contributed by atoms with van der Waals surface area (Å²) >= 11 is 0. The van der Waals surface area contributed by atoms with Crippen molar-refractivity contribution in [1.29, 1.82) is 0 Å². The number of hydrogen-bond donors (Lipinski definition) is 0. The summed E-state index contributed by atoms with van der Waals surface area (Å²) in [5, 5.41) is 2.66. The number of hydrogen-bond acceptors (Lipinski definition) is 0. The number of allylic oxidation sites excluding steroid dienone is 1. The highest BCUT2D eigenvalue weighted by Crippen LogP contribution is 2.46. The Labute approximate surface area is 145 Å². The van der Waals surface area contributed by atoms with Crippen molar-refractivity contribution >= 4 is 24.9 Å². The SMILES string of the molecule is CC1=Cc2c(-c3cccc4ccccc34)cccc2C1[Si](C)(C)C. The molecule has 0 saturated carbocycles. The normalized spacial score (nSPS) is 17.0. The molecule has 1 atom stereocenters. The lowest BCUT2D eigenvalue weighted by Crippen LogP contribution is -2.30. The molecule has 0 aromatic heterocycles. The van der Waals surface area contributed by atoms with Gasteiger partial charge in [-0.1, -0.05) is 92.0 Å². The Hall–Kier alpha value is -2.12. The van der Waals surface area contributed by atoms with E-state index in [4.69, 9.17) is 0 Å². The monoisotopic (exact) mass is 328 g/mol. The zero-order valence-corrected chi connectivity index (χ0v) is 15.9. The second-order valence-electron chi connectivity index (χ2n) is 8.02. The van der Waals surface area contributed by atoms with Gasteiger partial charge in [-0.2, -0.15) is 0 Å². The molecule has 1 unspecified atom stereocenters. The van der Waals surface area contributed by atoms with Crippen LogP contribution < -0.4 is 0 Å². The van der Waals surface area contributed by atoms with Crippen molar-refractivity contribution in [2.24, 2.45) is 0 Å². The van der Waals surface area contributed by atoms with Gasteiger partial charge < -0.3 is 0 Å². The van der Waals surface area contributed by atoms with E-state index in [9.17, 15) is 0 Å². The van der Waals surface area contributed by atoms with Gasteiger partial charge in [0.05, 0.1) is 8.07 Å². The maximum absolute atomic E-state index is 2.48. The van der Waals surface area contributed by atoms with E-state index in [1.54, 1.807) is 0 Å². The van der Waals surface area contributed by atoms with Crippen molar-refractivity contribution in [3.05, 3.63) is 77.4 Å². The molecule has 1 heteroatoms. The van der Waals surface area contributed by atoms with Gasteiger partial charge >= 0.3 is 0 Å². The van der Waals surface area contributed by atoms with Crippen LogP contribution in [0.2, 0.25) is 19.6 Å². The largest absolute Gasteiger partial charge is 0.0688 e. The van der Waals surface area contributed by atoms with Crippen LogP contribution in [0.4, 0.5) is 0 Å². The van der Waals surface area contributed by atoms with Gasteiger partial charge in [0.2, 0.25) is 0 Å². The average Bonchev–Trinajstić information content (AvgIpc) is 2.90. The van der Waals surface area contributed by atoms with E-state index in [2.05, 4.69) is 93.3 Å². The molecular weight excluding hydrogens is 304 g/mol. The minimum atomic E-state index is -1.28. The molecular formula is C23H24Si. The fourth-order valence-corrected chi connectivity index (χ4v) is 7.03. The maximum Gasteiger partial charge on any atom is 0.0569 e. The first kappa shape index (κ1) is 15.4. The molecule has 120 valence electrons. The van der Waals surface area contributed by atoms with Crippen molar-refractivity contribution in [2.75, 3.05) is 0 Å². The molecule has 24 heavy (non-hydrogen) atoms. The fraction of sp³-hybridized carbons (Fsp3) is 0.217. The van der Waals surface area contributed by atoms with E-state index < -0.39 is 8.07 Å². The second-order valence-corrected chi connectivity index (χ2v) is 13.3. The van der Waals surface area contributed by atoms with E-state index in [1.807, 2.05) is 0 Å². The number of rotatable bonds is 2. The predicted molar refractivity (Wildman–Crippen MR) is 109 cm³/mol. The third kappa shape index (κ3) is 2.35. The maximum atomic E-state index is 2.48. The van der Waals surface area contributed by atoms with Gasteiger partial charge in [-0.25, -0.2) is 0 Å². The number of benzene rings is 3. The minimum absolute atomic E-state index is 0.641. The molecule has 4 rings (SSSR count). The van der Waals surface area contributed by atoms with E-state index in [-0.39, 0.29) is 0 Å². The minimum Gasteiger partial charge on any atom is -0.0688 e. The highest BCUT2D eigenvalue weighted by Gasteiger charge is 2.35. The lowest BCUT2D eigenvalue weighted by Gasteiger charge is -2.28. The molecule has 0 fully saturated rings. The van der Waals surface area contributed by atoms with Crippen LogP contribution in [0.5, 0.6) is 0 Å². The molecule has 0 nitrogen and oxygen atoms in total. The van der Waals surface area contributed by atoms with Crippen LogP contribution in [0.15, 0.2) is 66.2 Å². The van der Waals surface area contributed by atoms with Gasteiger partial charge in [0.25, 0.3) is 0 Å².